The van der Waals surface area contributed by atoms with Gasteiger partial charge in [0.2, 0.25) is 5.91 Å². The monoisotopic (exact) mass is 429 g/mol. The van der Waals surface area contributed by atoms with Gasteiger partial charge in [-0.3, -0.25) is 4.79 Å². The van der Waals surface area contributed by atoms with Gasteiger partial charge in [0.15, 0.2) is 5.82 Å². The number of carbonyl (C=O) groups excluding carboxylic acids is 1. The molecule has 2 N–H and O–H groups in total. The lowest BCUT2D eigenvalue weighted by atomic mass is 10.1. The highest BCUT2D eigenvalue weighted by molar-refractivity contribution is 6.30. The van der Waals surface area contributed by atoms with Crippen molar-refractivity contribution in [3.63, 3.8) is 0 Å². The maximum absolute atomic E-state index is 12.6. The Bertz CT molecular complexity index is 1170. The number of aliphatic hydroxyl groups excluding tert-OH is 1. The molecule has 0 aliphatic rings. The second kappa shape index (κ2) is 9.51. The van der Waals surface area contributed by atoms with Crippen LogP contribution in [0.1, 0.15) is 22.9 Å². The van der Waals surface area contributed by atoms with Gasteiger partial charge >= 0.3 is 0 Å². The zero-order valence-corrected chi connectivity index (χ0v) is 17.3. The van der Waals surface area contributed by atoms with Crippen LogP contribution in [0.3, 0.4) is 0 Å². The Morgan fingerprint density at radius 2 is 1.58 bits per heavy atom. The van der Waals surface area contributed by atoms with Crippen molar-refractivity contribution in [3.05, 3.63) is 113 Å². The molecule has 0 spiro atoms. The van der Waals surface area contributed by atoms with Crippen LogP contribution in [0.4, 0.5) is 5.82 Å². The smallest absolute Gasteiger partial charge is 0.229 e. The molecule has 4 rings (SSSR count). The molecule has 0 saturated heterocycles. The standard InChI is InChI=1S/C25H20ClN3O2/c26-20-13-11-17(12-14-20)15-22(30)29-25-23(24(31)19-9-5-2-6-10-19)28-21(16-27-25)18-7-3-1-4-8-18/h1-14,16,24,31H,15H2,(H,27,29,30). The highest BCUT2D eigenvalue weighted by atomic mass is 35.5. The predicted octanol–water partition coefficient (Wildman–Crippen LogP) is 5.06. The third kappa shape index (κ3) is 5.15. The minimum absolute atomic E-state index is 0.153. The molecule has 1 unspecified atom stereocenters. The Morgan fingerprint density at radius 1 is 0.935 bits per heavy atom. The maximum Gasteiger partial charge on any atom is 0.229 e. The number of anilines is 1. The van der Waals surface area contributed by atoms with Gasteiger partial charge in [-0.1, -0.05) is 84.4 Å². The first-order chi connectivity index (χ1) is 15.1. The van der Waals surface area contributed by atoms with Crippen LogP contribution in [-0.4, -0.2) is 21.0 Å². The lowest BCUT2D eigenvalue weighted by Crippen LogP contribution is -2.19. The third-order valence-corrected chi connectivity index (χ3v) is 5.03. The minimum Gasteiger partial charge on any atom is -0.382 e. The fourth-order valence-corrected chi connectivity index (χ4v) is 3.32. The number of nitrogens with zero attached hydrogens (tertiary/aromatic N) is 2. The number of hydrogen-bond donors (Lipinski definition) is 2. The molecule has 154 valence electrons. The third-order valence-electron chi connectivity index (χ3n) is 4.78. The van der Waals surface area contributed by atoms with Gasteiger partial charge < -0.3 is 10.4 Å². The predicted molar refractivity (Wildman–Crippen MR) is 122 cm³/mol. The lowest BCUT2D eigenvalue weighted by Gasteiger charge is -2.16. The van der Waals surface area contributed by atoms with E-state index in [1.54, 1.807) is 42.6 Å². The van der Waals surface area contributed by atoms with Crippen LogP contribution >= 0.6 is 11.6 Å². The Labute approximate surface area is 185 Å². The molecule has 0 fully saturated rings. The first-order valence-electron chi connectivity index (χ1n) is 9.80. The van der Waals surface area contributed by atoms with Crippen molar-refractivity contribution < 1.29 is 9.90 Å². The van der Waals surface area contributed by atoms with Gasteiger partial charge in [-0.15, -0.1) is 0 Å². The molecule has 1 heterocycles. The Hall–Kier alpha value is -3.54. The van der Waals surface area contributed by atoms with Gasteiger partial charge in [0.25, 0.3) is 0 Å². The molecule has 0 saturated carbocycles. The summed E-state index contributed by atoms with van der Waals surface area (Å²) in [6, 6.07) is 25.8. The van der Waals surface area contributed by atoms with E-state index in [4.69, 9.17) is 11.6 Å². The summed E-state index contributed by atoms with van der Waals surface area (Å²) in [4.78, 5) is 21.7. The van der Waals surface area contributed by atoms with Gasteiger partial charge in [-0.25, -0.2) is 9.97 Å². The molecule has 0 aliphatic heterocycles. The summed E-state index contributed by atoms with van der Waals surface area (Å²) >= 11 is 5.91. The van der Waals surface area contributed by atoms with E-state index in [9.17, 15) is 9.90 Å². The number of amides is 1. The molecular weight excluding hydrogens is 410 g/mol. The van der Waals surface area contributed by atoms with E-state index in [0.717, 1.165) is 11.1 Å². The van der Waals surface area contributed by atoms with Gasteiger partial charge in [0, 0.05) is 10.6 Å². The molecule has 3 aromatic carbocycles. The molecule has 0 bridgehead atoms. The number of halogens is 1. The van der Waals surface area contributed by atoms with Crippen molar-refractivity contribution in [2.24, 2.45) is 0 Å². The summed E-state index contributed by atoms with van der Waals surface area (Å²) in [5.74, 6) is -0.0272. The van der Waals surface area contributed by atoms with E-state index >= 15 is 0 Å². The quantitative estimate of drug-likeness (QED) is 0.449. The second-order valence-corrected chi connectivity index (χ2v) is 7.46. The Morgan fingerprint density at radius 3 is 2.26 bits per heavy atom. The van der Waals surface area contributed by atoms with Gasteiger partial charge in [0.05, 0.1) is 18.3 Å². The van der Waals surface area contributed by atoms with Gasteiger partial charge in [-0.05, 0) is 23.3 Å². The van der Waals surface area contributed by atoms with E-state index in [1.165, 1.54) is 0 Å². The Balaban J connectivity index is 1.65. The number of hydrogen-bond acceptors (Lipinski definition) is 4. The van der Waals surface area contributed by atoms with Crippen molar-refractivity contribution in [2.45, 2.75) is 12.5 Å². The molecule has 1 aromatic heterocycles. The first kappa shape index (κ1) is 20.7. The van der Waals surface area contributed by atoms with Crippen LogP contribution in [-0.2, 0) is 11.2 Å². The number of rotatable bonds is 6. The van der Waals surface area contributed by atoms with Crippen molar-refractivity contribution in [3.8, 4) is 11.3 Å². The SMILES string of the molecule is O=C(Cc1ccc(Cl)cc1)Nc1ncc(-c2ccccc2)nc1C(O)c1ccccc1. The number of nitrogens with one attached hydrogen (secondary N) is 1. The fourth-order valence-electron chi connectivity index (χ4n) is 3.20. The molecule has 31 heavy (non-hydrogen) atoms. The molecule has 1 amide bonds. The first-order valence-corrected chi connectivity index (χ1v) is 10.2. The van der Waals surface area contributed by atoms with Crippen LogP contribution in [0.25, 0.3) is 11.3 Å². The fraction of sp³-hybridized carbons (Fsp3) is 0.0800. The minimum atomic E-state index is -1.04. The number of aromatic nitrogens is 2. The number of aliphatic hydroxyl groups is 1. The molecule has 6 heteroatoms. The van der Waals surface area contributed by atoms with Crippen molar-refractivity contribution in [1.82, 2.24) is 9.97 Å². The van der Waals surface area contributed by atoms with Crippen molar-refractivity contribution >= 4 is 23.3 Å². The molecule has 1 atom stereocenters. The molecule has 0 aliphatic carbocycles. The van der Waals surface area contributed by atoms with E-state index in [0.29, 0.717) is 16.3 Å². The van der Waals surface area contributed by atoms with Crippen LogP contribution in [0, 0.1) is 0 Å². The highest BCUT2D eigenvalue weighted by Gasteiger charge is 2.20. The van der Waals surface area contributed by atoms with E-state index in [1.807, 2.05) is 48.5 Å². The number of benzene rings is 3. The largest absolute Gasteiger partial charge is 0.382 e. The summed E-state index contributed by atoms with van der Waals surface area (Å²) in [6.07, 6.45) is 0.706. The van der Waals surface area contributed by atoms with Gasteiger partial charge in [0.1, 0.15) is 11.8 Å². The van der Waals surface area contributed by atoms with Crippen LogP contribution in [0.2, 0.25) is 5.02 Å². The highest BCUT2D eigenvalue weighted by Crippen LogP contribution is 2.28. The molecular formula is C25H20ClN3O2. The zero-order valence-electron chi connectivity index (χ0n) is 16.6. The van der Waals surface area contributed by atoms with E-state index in [2.05, 4.69) is 15.3 Å². The topological polar surface area (TPSA) is 75.1 Å². The summed E-state index contributed by atoms with van der Waals surface area (Å²) in [5.41, 5.74) is 3.25. The van der Waals surface area contributed by atoms with Crippen molar-refractivity contribution in [2.75, 3.05) is 5.32 Å². The van der Waals surface area contributed by atoms with Crippen molar-refractivity contribution in [1.29, 1.82) is 0 Å². The van der Waals surface area contributed by atoms with Crippen LogP contribution in [0.15, 0.2) is 91.1 Å². The van der Waals surface area contributed by atoms with Gasteiger partial charge in [-0.2, -0.15) is 0 Å². The number of carbonyl (C=O) groups is 1. The summed E-state index contributed by atoms with van der Waals surface area (Å²) in [6.45, 7) is 0. The average Bonchev–Trinajstić information content (AvgIpc) is 2.81. The molecule has 5 nitrogen and oxygen atoms in total. The molecule has 0 radical (unpaired) electrons. The van der Waals surface area contributed by atoms with Crippen LogP contribution in [0.5, 0.6) is 0 Å². The average molecular weight is 430 g/mol. The summed E-state index contributed by atoms with van der Waals surface area (Å²) < 4.78 is 0. The van der Waals surface area contributed by atoms with E-state index < -0.39 is 6.10 Å². The summed E-state index contributed by atoms with van der Waals surface area (Å²) in [7, 11) is 0. The second-order valence-electron chi connectivity index (χ2n) is 7.02. The molecule has 4 aromatic rings. The summed E-state index contributed by atoms with van der Waals surface area (Å²) in [5, 5.41) is 14.4. The lowest BCUT2D eigenvalue weighted by molar-refractivity contribution is -0.115. The van der Waals surface area contributed by atoms with E-state index in [-0.39, 0.29) is 23.8 Å². The maximum atomic E-state index is 12.6. The Kier molecular flexibility index (Phi) is 6.36. The van der Waals surface area contributed by atoms with Crippen LogP contribution < -0.4 is 5.32 Å². The zero-order chi connectivity index (χ0) is 21.6. The normalized spacial score (nSPS) is 11.7.